The molecule has 1 amide bonds. The van der Waals surface area contributed by atoms with Crippen molar-refractivity contribution in [2.24, 2.45) is 0 Å². The number of aryl methyl sites for hydroxylation is 1. The zero-order chi connectivity index (χ0) is 18.1. The monoisotopic (exact) mass is 433 g/mol. The molecule has 0 saturated carbocycles. The van der Waals surface area contributed by atoms with Crippen LogP contribution in [0.2, 0.25) is 0 Å². The molecule has 136 valence electrons. The number of aromatic nitrogens is 1. The number of piperazine rings is 1. The van der Waals surface area contributed by atoms with E-state index in [1.807, 2.05) is 29.2 Å². The fourth-order valence-corrected chi connectivity index (χ4v) is 5.01. The summed E-state index contributed by atoms with van der Waals surface area (Å²) in [6.45, 7) is 3.87. The number of rotatable bonds is 3. The number of benzene rings is 1. The van der Waals surface area contributed by atoms with Gasteiger partial charge in [-0.15, -0.1) is 11.3 Å². The van der Waals surface area contributed by atoms with Gasteiger partial charge in [0.1, 0.15) is 5.01 Å². The van der Waals surface area contributed by atoms with Gasteiger partial charge in [-0.1, -0.05) is 22.0 Å². The Balaban J connectivity index is 1.35. The van der Waals surface area contributed by atoms with Crippen LogP contribution in [0.15, 0.2) is 28.7 Å². The summed E-state index contributed by atoms with van der Waals surface area (Å²) in [7, 11) is 0. The molecule has 0 radical (unpaired) electrons. The van der Waals surface area contributed by atoms with Crippen molar-refractivity contribution in [1.29, 1.82) is 0 Å². The molecular weight excluding hydrogens is 414 g/mol. The van der Waals surface area contributed by atoms with Crippen LogP contribution in [0.4, 0.5) is 0 Å². The maximum absolute atomic E-state index is 12.6. The normalized spacial score (nSPS) is 18.0. The molecule has 1 aromatic carbocycles. The molecule has 1 fully saturated rings. The summed E-state index contributed by atoms with van der Waals surface area (Å²) in [5.41, 5.74) is 1.71. The highest BCUT2D eigenvalue weighted by atomic mass is 79.9. The first-order valence-electron chi connectivity index (χ1n) is 8.89. The lowest BCUT2D eigenvalue weighted by molar-refractivity contribution is 0.0628. The topological polar surface area (TPSA) is 53.5 Å². The summed E-state index contributed by atoms with van der Waals surface area (Å²) >= 11 is 4.98. The molecule has 2 aliphatic rings. The molecule has 1 saturated heterocycles. The molecule has 4 rings (SSSR count). The van der Waals surface area contributed by atoms with Crippen LogP contribution in [0, 0.1) is 0 Å². The first kappa shape index (κ1) is 17.8. The number of fused-ring (bicyclic) bond motifs is 1. The van der Waals surface area contributed by atoms with Gasteiger partial charge in [0.15, 0.2) is 5.78 Å². The van der Waals surface area contributed by atoms with Crippen LogP contribution in [0.3, 0.4) is 0 Å². The maximum Gasteiger partial charge on any atom is 0.253 e. The molecule has 0 bridgehead atoms. The Morgan fingerprint density at radius 2 is 2.00 bits per heavy atom. The van der Waals surface area contributed by atoms with Crippen molar-refractivity contribution < 1.29 is 9.59 Å². The minimum absolute atomic E-state index is 0.0845. The highest BCUT2D eigenvalue weighted by Crippen LogP contribution is 2.27. The van der Waals surface area contributed by atoms with E-state index in [-0.39, 0.29) is 11.7 Å². The van der Waals surface area contributed by atoms with Gasteiger partial charge < -0.3 is 4.90 Å². The van der Waals surface area contributed by atoms with Crippen molar-refractivity contribution in [3.8, 4) is 0 Å². The molecule has 0 spiro atoms. The number of amides is 1. The summed E-state index contributed by atoms with van der Waals surface area (Å²) < 4.78 is 0.921. The Labute approximate surface area is 165 Å². The van der Waals surface area contributed by atoms with Crippen LogP contribution >= 0.6 is 27.3 Å². The van der Waals surface area contributed by atoms with Gasteiger partial charge >= 0.3 is 0 Å². The highest BCUT2D eigenvalue weighted by Gasteiger charge is 2.25. The molecule has 5 nitrogen and oxygen atoms in total. The summed E-state index contributed by atoms with van der Waals surface area (Å²) in [5, 5.41) is 1.03. The Kier molecular flexibility index (Phi) is 5.20. The van der Waals surface area contributed by atoms with Gasteiger partial charge in [-0.25, -0.2) is 4.98 Å². The number of Topliss-reactive ketones (excluding diaryl/α,β-unsaturated/α-hetero) is 1. The van der Waals surface area contributed by atoms with E-state index in [1.165, 1.54) is 0 Å². The summed E-state index contributed by atoms with van der Waals surface area (Å²) in [6, 6.07) is 7.54. The van der Waals surface area contributed by atoms with Crippen LogP contribution < -0.4 is 0 Å². The van der Waals surface area contributed by atoms with Crippen molar-refractivity contribution in [2.75, 3.05) is 26.2 Å². The fraction of sp³-hybridized carbons (Fsp3) is 0.421. The number of carbonyl (C=O) groups excluding carboxylic acids is 2. The van der Waals surface area contributed by atoms with Crippen molar-refractivity contribution in [2.45, 2.75) is 25.8 Å². The lowest BCUT2D eigenvalue weighted by atomic mass is 10.0. The molecule has 1 aliphatic carbocycles. The smallest absolute Gasteiger partial charge is 0.253 e. The average molecular weight is 434 g/mol. The number of hydrogen-bond donors (Lipinski definition) is 0. The maximum atomic E-state index is 12.6. The molecule has 26 heavy (non-hydrogen) atoms. The summed E-state index contributed by atoms with van der Waals surface area (Å²) in [5.74, 6) is 0.334. The Bertz CT molecular complexity index is 843. The zero-order valence-corrected chi connectivity index (χ0v) is 16.8. The van der Waals surface area contributed by atoms with Crippen LogP contribution in [0.5, 0.6) is 0 Å². The second-order valence-electron chi connectivity index (χ2n) is 6.74. The summed E-state index contributed by atoms with van der Waals surface area (Å²) in [4.78, 5) is 34.4. The summed E-state index contributed by atoms with van der Waals surface area (Å²) in [6.07, 6.45) is 2.50. The molecule has 0 atom stereocenters. The number of carbonyl (C=O) groups is 2. The second-order valence-corrected chi connectivity index (χ2v) is 8.74. The number of ketones is 1. The first-order valence-corrected chi connectivity index (χ1v) is 10.5. The van der Waals surface area contributed by atoms with Gasteiger partial charge in [-0.2, -0.15) is 0 Å². The molecule has 2 aromatic rings. The number of thiazole rings is 1. The Morgan fingerprint density at radius 3 is 2.73 bits per heavy atom. The average Bonchev–Trinajstić information content (AvgIpc) is 3.06. The third-order valence-corrected chi connectivity index (χ3v) is 6.52. The molecule has 7 heteroatoms. The van der Waals surface area contributed by atoms with E-state index in [0.717, 1.165) is 71.2 Å². The first-order chi connectivity index (χ1) is 12.6. The van der Waals surface area contributed by atoms with Crippen molar-refractivity contribution >= 4 is 39.0 Å². The zero-order valence-electron chi connectivity index (χ0n) is 14.4. The SMILES string of the molecule is O=C1CCCc2nc(CN3CCN(C(=O)c4cccc(Br)c4)CC3)sc21. The Morgan fingerprint density at radius 1 is 1.19 bits per heavy atom. The van der Waals surface area contributed by atoms with Crippen molar-refractivity contribution in [1.82, 2.24) is 14.8 Å². The van der Waals surface area contributed by atoms with E-state index in [9.17, 15) is 9.59 Å². The van der Waals surface area contributed by atoms with Gasteiger partial charge in [0, 0.05) is 42.6 Å². The second kappa shape index (κ2) is 7.58. The predicted octanol–water partition coefficient (Wildman–Crippen LogP) is 3.38. The highest BCUT2D eigenvalue weighted by molar-refractivity contribution is 9.10. The molecule has 0 unspecified atom stereocenters. The standard InChI is InChI=1S/C19H20BrN3O2S/c20-14-4-1-3-13(11-14)19(25)23-9-7-22(8-10-23)12-17-21-15-5-2-6-16(24)18(15)26-17/h1,3-4,11H,2,5-10,12H2. The number of hydrogen-bond acceptors (Lipinski definition) is 5. The quantitative estimate of drug-likeness (QED) is 0.744. The fourth-order valence-electron chi connectivity index (χ4n) is 3.49. The van der Waals surface area contributed by atoms with E-state index in [0.29, 0.717) is 6.42 Å². The minimum atomic E-state index is 0.0845. The third kappa shape index (κ3) is 3.75. The third-order valence-electron chi connectivity index (χ3n) is 4.90. The minimum Gasteiger partial charge on any atom is -0.336 e. The van der Waals surface area contributed by atoms with Gasteiger partial charge in [0.25, 0.3) is 5.91 Å². The van der Waals surface area contributed by atoms with Gasteiger partial charge in [0.2, 0.25) is 0 Å². The van der Waals surface area contributed by atoms with Crippen LogP contribution in [-0.2, 0) is 13.0 Å². The largest absolute Gasteiger partial charge is 0.336 e. The number of nitrogens with zero attached hydrogens (tertiary/aromatic N) is 3. The predicted molar refractivity (Wildman–Crippen MR) is 105 cm³/mol. The van der Waals surface area contributed by atoms with Gasteiger partial charge in [0.05, 0.1) is 17.1 Å². The van der Waals surface area contributed by atoms with Gasteiger partial charge in [-0.05, 0) is 31.0 Å². The van der Waals surface area contributed by atoms with E-state index >= 15 is 0 Å². The van der Waals surface area contributed by atoms with Crippen molar-refractivity contribution in [3.63, 3.8) is 0 Å². The lowest BCUT2D eigenvalue weighted by Gasteiger charge is -2.34. The van der Waals surface area contributed by atoms with E-state index in [4.69, 9.17) is 0 Å². The van der Waals surface area contributed by atoms with Gasteiger partial charge in [-0.3, -0.25) is 14.5 Å². The molecule has 1 aromatic heterocycles. The lowest BCUT2D eigenvalue weighted by Crippen LogP contribution is -2.48. The van der Waals surface area contributed by atoms with E-state index < -0.39 is 0 Å². The van der Waals surface area contributed by atoms with E-state index in [2.05, 4.69) is 25.8 Å². The Hall–Kier alpha value is -1.57. The van der Waals surface area contributed by atoms with Crippen LogP contribution in [0.25, 0.3) is 0 Å². The van der Waals surface area contributed by atoms with Crippen LogP contribution in [0.1, 0.15) is 43.6 Å². The molecule has 0 N–H and O–H groups in total. The van der Waals surface area contributed by atoms with E-state index in [1.54, 1.807) is 11.3 Å². The van der Waals surface area contributed by atoms with Crippen molar-refractivity contribution in [3.05, 3.63) is 49.9 Å². The number of halogens is 1. The molecular formula is C19H20BrN3O2S. The molecule has 2 heterocycles. The van der Waals surface area contributed by atoms with Crippen LogP contribution in [-0.4, -0.2) is 52.7 Å². The molecule has 1 aliphatic heterocycles.